The van der Waals surface area contributed by atoms with Crippen LogP contribution in [0.3, 0.4) is 0 Å². The van der Waals surface area contributed by atoms with Gasteiger partial charge in [-0.2, -0.15) is 5.26 Å². The number of hydrogen-bond acceptors (Lipinski definition) is 4. The summed E-state index contributed by atoms with van der Waals surface area (Å²) >= 11 is 0. The Morgan fingerprint density at radius 1 is 1.42 bits per heavy atom. The summed E-state index contributed by atoms with van der Waals surface area (Å²) in [4.78, 5) is 1.94. The van der Waals surface area contributed by atoms with Gasteiger partial charge in [-0.1, -0.05) is 19.1 Å². The van der Waals surface area contributed by atoms with Gasteiger partial charge in [-0.3, -0.25) is 4.90 Å². The standard InChI is InChI=1S/C15H22N2O2/c1-4-17(8-9-18)15(11-16)13-6-5-7-14(10-13)19-12(2)3/h5-7,10,12,15,18H,4,8-9H2,1-3H3. The molecule has 1 aromatic carbocycles. The molecule has 1 N–H and O–H groups in total. The Morgan fingerprint density at radius 2 is 2.16 bits per heavy atom. The van der Waals surface area contributed by atoms with E-state index in [0.29, 0.717) is 13.1 Å². The van der Waals surface area contributed by atoms with Crippen LogP contribution in [0.4, 0.5) is 0 Å². The first-order valence-corrected chi connectivity index (χ1v) is 6.63. The minimum absolute atomic E-state index is 0.0498. The second-order valence-electron chi connectivity index (χ2n) is 4.62. The van der Waals surface area contributed by atoms with E-state index < -0.39 is 0 Å². The molecule has 1 atom stereocenters. The molecule has 0 amide bonds. The third kappa shape index (κ3) is 4.55. The van der Waals surface area contributed by atoms with Crippen molar-refractivity contribution in [2.24, 2.45) is 0 Å². The van der Waals surface area contributed by atoms with E-state index in [1.807, 2.05) is 49.9 Å². The maximum absolute atomic E-state index is 9.37. The molecule has 0 saturated carbocycles. The topological polar surface area (TPSA) is 56.5 Å². The largest absolute Gasteiger partial charge is 0.491 e. The highest BCUT2D eigenvalue weighted by Gasteiger charge is 2.18. The molecule has 104 valence electrons. The molecule has 1 unspecified atom stereocenters. The highest BCUT2D eigenvalue weighted by Crippen LogP contribution is 2.24. The van der Waals surface area contributed by atoms with E-state index >= 15 is 0 Å². The van der Waals surface area contributed by atoms with Crippen LogP contribution in [0, 0.1) is 11.3 Å². The van der Waals surface area contributed by atoms with Crippen LogP contribution in [-0.2, 0) is 0 Å². The Hall–Kier alpha value is -1.57. The lowest BCUT2D eigenvalue weighted by Crippen LogP contribution is -2.30. The predicted molar refractivity (Wildman–Crippen MR) is 74.9 cm³/mol. The van der Waals surface area contributed by atoms with Crippen LogP contribution in [0.5, 0.6) is 5.75 Å². The molecule has 0 spiro atoms. The van der Waals surface area contributed by atoms with Gasteiger partial charge < -0.3 is 9.84 Å². The van der Waals surface area contributed by atoms with Crippen molar-refractivity contribution in [3.8, 4) is 11.8 Å². The minimum Gasteiger partial charge on any atom is -0.491 e. The maximum atomic E-state index is 9.37. The fourth-order valence-electron chi connectivity index (χ4n) is 2.00. The quantitative estimate of drug-likeness (QED) is 0.819. The van der Waals surface area contributed by atoms with E-state index in [-0.39, 0.29) is 18.8 Å². The Morgan fingerprint density at radius 3 is 2.68 bits per heavy atom. The molecule has 0 aliphatic heterocycles. The molecule has 0 heterocycles. The van der Waals surface area contributed by atoms with Crippen molar-refractivity contribution in [1.82, 2.24) is 4.90 Å². The number of likely N-dealkylation sites (N-methyl/N-ethyl adjacent to an activating group) is 1. The number of ether oxygens (including phenoxy) is 1. The highest BCUT2D eigenvalue weighted by atomic mass is 16.5. The zero-order valence-electron chi connectivity index (χ0n) is 11.8. The van der Waals surface area contributed by atoms with Crippen LogP contribution in [0.1, 0.15) is 32.4 Å². The van der Waals surface area contributed by atoms with Crippen LogP contribution < -0.4 is 4.74 Å². The summed E-state index contributed by atoms with van der Waals surface area (Å²) < 4.78 is 5.65. The second-order valence-corrected chi connectivity index (χ2v) is 4.62. The molecule has 1 rings (SSSR count). The van der Waals surface area contributed by atoms with E-state index in [1.54, 1.807) is 0 Å². The smallest absolute Gasteiger partial charge is 0.124 e. The van der Waals surface area contributed by atoms with Gasteiger partial charge in [0, 0.05) is 6.54 Å². The Labute approximate surface area is 115 Å². The summed E-state index contributed by atoms with van der Waals surface area (Å²) in [5.74, 6) is 0.771. The summed E-state index contributed by atoms with van der Waals surface area (Å²) in [6.45, 7) is 7.18. The van der Waals surface area contributed by atoms with Gasteiger partial charge in [0.25, 0.3) is 0 Å². The van der Waals surface area contributed by atoms with Gasteiger partial charge in [-0.05, 0) is 38.1 Å². The second kappa shape index (κ2) is 7.78. The van der Waals surface area contributed by atoms with Crippen molar-refractivity contribution >= 4 is 0 Å². The first kappa shape index (κ1) is 15.5. The number of rotatable bonds is 7. The molecular weight excluding hydrogens is 240 g/mol. The summed E-state index contributed by atoms with van der Waals surface area (Å²) in [6.07, 6.45) is 0.107. The fraction of sp³-hybridized carbons (Fsp3) is 0.533. The molecule has 0 bridgehead atoms. The lowest BCUT2D eigenvalue weighted by Gasteiger charge is -2.25. The fourth-order valence-corrected chi connectivity index (χ4v) is 2.00. The van der Waals surface area contributed by atoms with Gasteiger partial charge in [0.15, 0.2) is 0 Å². The van der Waals surface area contributed by atoms with Crippen molar-refractivity contribution in [3.63, 3.8) is 0 Å². The SMILES string of the molecule is CCN(CCO)C(C#N)c1cccc(OC(C)C)c1. The lowest BCUT2D eigenvalue weighted by molar-refractivity contribution is 0.180. The van der Waals surface area contributed by atoms with Gasteiger partial charge in [-0.15, -0.1) is 0 Å². The highest BCUT2D eigenvalue weighted by molar-refractivity contribution is 5.33. The van der Waals surface area contributed by atoms with Crippen LogP contribution in [-0.4, -0.2) is 35.8 Å². The molecule has 0 aromatic heterocycles. The minimum atomic E-state index is -0.354. The molecular formula is C15H22N2O2. The number of benzene rings is 1. The van der Waals surface area contributed by atoms with Gasteiger partial charge in [0.1, 0.15) is 11.8 Å². The number of nitriles is 1. The molecule has 4 nitrogen and oxygen atoms in total. The van der Waals surface area contributed by atoms with E-state index in [0.717, 1.165) is 11.3 Å². The summed E-state index contributed by atoms with van der Waals surface area (Å²) in [5, 5.41) is 18.4. The van der Waals surface area contributed by atoms with Crippen LogP contribution in [0.2, 0.25) is 0 Å². The molecule has 0 aliphatic rings. The molecule has 0 fully saturated rings. The normalized spacial score (nSPS) is 12.5. The van der Waals surface area contributed by atoms with E-state index in [4.69, 9.17) is 9.84 Å². The Kier molecular flexibility index (Phi) is 6.34. The van der Waals surface area contributed by atoms with Gasteiger partial charge >= 0.3 is 0 Å². The molecule has 19 heavy (non-hydrogen) atoms. The van der Waals surface area contributed by atoms with E-state index in [9.17, 15) is 5.26 Å². The third-order valence-electron chi connectivity index (χ3n) is 2.83. The number of nitrogens with zero attached hydrogens (tertiary/aromatic N) is 2. The monoisotopic (exact) mass is 262 g/mol. The predicted octanol–water partition coefficient (Wildman–Crippen LogP) is 2.35. The average molecular weight is 262 g/mol. The number of aliphatic hydroxyl groups is 1. The summed E-state index contributed by atoms with van der Waals surface area (Å²) in [5.41, 5.74) is 0.899. The zero-order chi connectivity index (χ0) is 14.3. The van der Waals surface area contributed by atoms with Gasteiger partial charge in [0.05, 0.1) is 18.8 Å². The van der Waals surface area contributed by atoms with Crippen molar-refractivity contribution < 1.29 is 9.84 Å². The van der Waals surface area contributed by atoms with Crippen LogP contribution in [0.15, 0.2) is 24.3 Å². The lowest BCUT2D eigenvalue weighted by atomic mass is 10.1. The van der Waals surface area contributed by atoms with Crippen molar-refractivity contribution in [2.75, 3.05) is 19.7 Å². The Balaban J connectivity index is 2.95. The summed E-state index contributed by atoms with van der Waals surface area (Å²) in [7, 11) is 0. The molecule has 0 aliphatic carbocycles. The van der Waals surface area contributed by atoms with Gasteiger partial charge in [0.2, 0.25) is 0 Å². The number of hydrogen-bond donors (Lipinski definition) is 1. The third-order valence-corrected chi connectivity index (χ3v) is 2.83. The average Bonchev–Trinajstić information content (AvgIpc) is 2.38. The molecule has 4 heteroatoms. The maximum Gasteiger partial charge on any atom is 0.124 e. The molecule has 0 saturated heterocycles. The van der Waals surface area contributed by atoms with Crippen LogP contribution >= 0.6 is 0 Å². The molecule has 0 radical (unpaired) electrons. The van der Waals surface area contributed by atoms with E-state index in [2.05, 4.69) is 6.07 Å². The molecule has 1 aromatic rings. The first-order valence-electron chi connectivity index (χ1n) is 6.63. The van der Waals surface area contributed by atoms with Crippen molar-refractivity contribution in [2.45, 2.75) is 32.9 Å². The van der Waals surface area contributed by atoms with Gasteiger partial charge in [-0.25, -0.2) is 0 Å². The zero-order valence-corrected chi connectivity index (χ0v) is 11.8. The Bertz CT molecular complexity index is 426. The van der Waals surface area contributed by atoms with E-state index in [1.165, 1.54) is 0 Å². The van der Waals surface area contributed by atoms with Crippen molar-refractivity contribution in [3.05, 3.63) is 29.8 Å². The number of aliphatic hydroxyl groups excluding tert-OH is 1. The van der Waals surface area contributed by atoms with Crippen molar-refractivity contribution in [1.29, 1.82) is 5.26 Å². The summed E-state index contributed by atoms with van der Waals surface area (Å²) in [6, 6.07) is 9.54. The van der Waals surface area contributed by atoms with Crippen LogP contribution in [0.25, 0.3) is 0 Å². The first-order chi connectivity index (χ1) is 9.12.